The minimum Gasteiger partial charge on any atom is -0.477 e. The second-order valence-electron chi connectivity index (χ2n) is 6.51. The molecule has 1 rings (SSSR count). The van der Waals surface area contributed by atoms with Gasteiger partial charge in [-0.15, -0.1) is 0 Å². The Hall–Kier alpha value is -0.570. The summed E-state index contributed by atoms with van der Waals surface area (Å²) in [6, 6.07) is -0.127. The Morgan fingerprint density at radius 2 is 1.55 bits per heavy atom. The molecule has 20 heavy (non-hydrogen) atoms. The summed E-state index contributed by atoms with van der Waals surface area (Å²) >= 11 is 0. The Morgan fingerprint density at radius 1 is 1.00 bits per heavy atom. The molecule has 1 fully saturated rings. The van der Waals surface area contributed by atoms with E-state index in [0.29, 0.717) is 0 Å². The Labute approximate surface area is 124 Å². The molecule has 0 aromatic heterocycles. The molecule has 0 spiro atoms. The normalized spacial score (nSPS) is 21.2. The summed E-state index contributed by atoms with van der Waals surface area (Å²) in [7, 11) is 0. The summed E-state index contributed by atoms with van der Waals surface area (Å²) in [5.41, 5.74) is 0. The first-order valence-corrected chi connectivity index (χ1v) is 8.75. The van der Waals surface area contributed by atoms with Crippen LogP contribution in [-0.2, 0) is 4.79 Å². The number of quaternary nitrogens is 1. The molecule has 0 radical (unpaired) electrons. The Bertz CT molecular complexity index is 266. The molecule has 0 unspecified atom stereocenters. The van der Waals surface area contributed by atoms with Gasteiger partial charge in [-0.2, -0.15) is 0 Å². The third kappa shape index (κ3) is 5.08. The highest BCUT2D eigenvalue weighted by molar-refractivity contribution is 5.72. The maximum atomic E-state index is 11.6. The first-order chi connectivity index (χ1) is 9.66. The highest BCUT2D eigenvalue weighted by Gasteiger charge is 2.45. The molecule has 1 saturated heterocycles. The number of likely N-dealkylation sites (tertiary alicyclic amines) is 1. The summed E-state index contributed by atoms with van der Waals surface area (Å²) < 4.78 is 0.878. The molecule has 0 aromatic rings. The van der Waals surface area contributed by atoms with Crippen molar-refractivity contribution >= 4 is 5.97 Å². The van der Waals surface area contributed by atoms with Crippen LogP contribution in [0.2, 0.25) is 0 Å². The van der Waals surface area contributed by atoms with Gasteiger partial charge in [-0.05, 0) is 25.7 Å². The van der Waals surface area contributed by atoms with Crippen LogP contribution >= 0.6 is 0 Å². The van der Waals surface area contributed by atoms with Crippen molar-refractivity contribution in [3.05, 3.63) is 0 Å². The van der Waals surface area contributed by atoms with Gasteiger partial charge in [-0.1, -0.05) is 39.5 Å². The highest BCUT2D eigenvalue weighted by Crippen LogP contribution is 2.29. The van der Waals surface area contributed by atoms with Crippen LogP contribution in [0.15, 0.2) is 0 Å². The van der Waals surface area contributed by atoms with E-state index in [1.54, 1.807) is 0 Å². The lowest BCUT2D eigenvalue weighted by Crippen LogP contribution is -2.55. The van der Waals surface area contributed by atoms with E-state index >= 15 is 0 Å². The van der Waals surface area contributed by atoms with Crippen LogP contribution in [0.5, 0.6) is 0 Å². The van der Waals surface area contributed by atoms with Gasteiger partial charge < -0.3 is 9.59 Å². The number of carboxylic acid groups (broad SMARTS) is 1. The summed E-state index contributed by atoms with van der Waals surface area (Å²) in [6.07, 6.45) is 12.0. The monoisotopic (exact) mass is 284 g/mol. The van der Waals surface area contributed by atoms with Gasteiger partial charge in [0.15, 0.2) is 6.04 Å². The maximum Gasteiger partial charge on any atom is 0.362 e. The Morgan fingerprint density at radius 3 is 2.00 bits per heavy atom. The first-order valence-electron chi connectivity index (χ1n) is 8.75. The van der Waals surface area contributed by atoms with E-state index in [1.165, 1.54) is 51.4 Å². The van der Waals surface area contributed by atoms with Gasteiger partial charge >= 0.3 is 5.97 Å². The van der Waals surface area contributed by atoms with Crippen molar-refractivity contribution in [3.63, 3.8) is 0 Å². The molecule has 0 saturated carbocycles. The molecule has 1 atom stereocenters. The SMILES string of the molecule is CCCCCC[N+]1(CCCCCC)CCC[C@@H]1C(=O)O. The number of unbranched alkanes of at least 4 members (excludes halogenated alkanes) is 6. The molecule has 118 valence electrons. The fourth-order valence-corrected chi connectivity index (χ4v) is 3.74. The average molecular weight is 284 g/mol. The van der Waals surface area contributed by atoms with Crippen molar-refractivity contribution in [2.24, 2.45) is 0 Å². The van der Waals surface area contributed by atoms with Gasteiger partial charge in [0, 0.05) is 12.8 Å². The lowest BCUT2D eigenvalue weighted by atomic mass is 10.1. The molecule has 0 aliphatic carbocycles. The summed E-state index contributed by atoms with van der Waals surface area (Å²) in [5, 5.41) is 9.54. The van der Waals surface area contributed by atoms with Crippen LogP contribution in [0, 0.1) is 0 Å². The van der Waals surface area contributed by atoms with Crippen molar-refractivity contribution in [3.8, 4) is 0 Å². The summed E-state index contributed by atoms with van der Waals surface area (Å²) in [4.78, 5) is 11.6. The number of rotatable bonds is 11. The van der Waals surface area contributed by atoms with Crippen LogP contribution in [0.25, 0.3) is 0 Å². The third-order valence-electron chi connectivity index (χ3n) is 4.94. The van der Waals surface area contributed by atoms with Crippen molar-refractivity contribution < 1.29 is 14.4 Å². The molecular weight excluding hydrogens is 250 g/mol. The third-order valence-corrected chi connectivity index (χ3v) is 4.94. The largest absolute Gasteiger partial charge is 0.477 e. The van der Waals surface area contributed by atoms with Crippen molar-refractivity contribution in [1.29, 1.82) is 0 Å². The lowest BCUT2D eigenvalue weighted by molar-refractivity contribution is -0.932. The number of hydrogen-bond donors (Lipinski definition) is 1. The number of carboxylic acids is 1. The van der Waals surface area contributed by atoms with Gasteiger partial charge in [0.25, 0.3) is 0 Å². The summed E-state index contributed by atoms with van der Waals surface area (Å²) in [6.45, 7) is 7.72. The molecule has 1 aliphatic rings. The topological polar surface area (TPSA) is 37.3 Å². The zero-order valence-corrected chi connectivity index (χ0v) is 13.6. The predicted molar refractivity (Wildman–Crippen MR) is 83.8 cm³/mol. The zero-order chi connectivity index (χ0) is 14.8. The molecule has 0 amide bonds. The van der Waals surface area contributed by atoms with Crippen LogP contribution in [0.1, 0.15) is 78.1 Å². The fraction of sp³-hybridized carbons (Fsp3) is 0.941. The minimum atomic E-state index is -0.562. The van der Waals surface area contributed by atoms with Gasteiger partial charge in [0.1, 0.15) is 0 Å². The van der Waals surface area contributed by atoms with Crippen LogP contribution < -0.4 is 0 Å². The van der Waals surface area contributed by atoms with Gasteiger partial charge in [-0.25, -0.2) is 4.79 Å². The van der Waals surface area contributed by atoms with E-state index in [4.69, 9.17) is 0 Å². The molecule has 3 nitrogen and oxygen atoms in total. The van der Waals surface area contributed by atoms with Crippen molar-refractivity contribution in [2.75, 3.05) is 19.6 Å². The van der Waals surface area contributed by atoms with E-state index in [-0.39, 0.29) is 6.04 Å². The van der Waals surface area contributed by atoms with Crippen LogP contribution in [-0.4, -0.2) is 41.2 Å². The number of nitrogens with zero attached hydrogens (tertiary/aromatic N) is 1. The van der Waals surface area contributed by atoms with Crippen molar-refractivity contribution in [2.45, 2.75) is 84.1 Å². The minimum absolute atomic E-state index is 0.127. The van der Waals surface area contributed by atoms with E-state index in [2.05, 4.69) is 13.8 Å². The molecule has 3 heteroatoms. The Kier molecular flexibility index (Phi) is 8.20. The summed E-state index contributed by atoms with van der Waals surface area (Å²) in [5.74, 6) is -0.562. The van der Waals surface area contributed by atoms with E-state index in [1.807, 2.05) is 0 Å². The zero-order valence-electron chi connectivity index (χ0n) is 13.6. The lowest BCUT2D eigenvalue weighted by Gasteiger charge is -2.38. The molecule has 1 N–H and O–H groups in total. The molecule has 1 aliphatic heterocycles. The van der Waals surface area contributed by atoms with Crippen molar-refractivity contribution in [1.82, 2.24) is 0 Å². The van der Waals surface area contributed by atoms with Gasteiger partial charge in [-0.3, -0.25) is 0 Å². The molecular formula is C17H34NO2+. The Balaban J connectivity index is 2.54. The van der Waals surface area contributed by atoms with Gasteiger partial charge in [0.2, 0.25) is 0 Å². The molecule has 1 heterocycles. The van der Waals surface area contributed by atoms with E-state index in [9.17, 15) is 9.90 Å². The number of carbonyl (C=O) groups is 1. The predicted octanol–water partition coefficient (Wildman–Crippen LogP) is 4.21. The van der Waals surface area contributed by atoms with Crippen LogP contribution in [0.3, 0.4) is 0 Å². The maximum absolute atomic E-state index is 11.6. The number of hydrogen-bond acceptors (Lipinski definition) is 1. The standard InChI is InChI=1S/C17H33NO2/c1-3-5-7-9-13-18(14-10-8-6-4-2)15-11-12-16(18)17(19)20/h16H,3-15H2,1-2H3/p+1/t16-/m1/s1. The quantitative estimate of drug-likeness (QED) is 0.456. The molecule has 0 bridgehead atoms. The van der Waals surface area contributed by atoms with E-state index in [0.717, 1.165) is 37.0 Å². The van der Waals surface area contributed by atoms with Crippen LogP contribution in [0.4, 0.5) is 0 Å². The average Bonchev–Trinajstić information content (AvgIpc) is 2.84. The van der Waals surface area contributed by atoms with E-state index < -0.39 is 5.97 Å². The highest BCUT2D eigenvalue weighted by atomic mass is 16.4. The first kappa shape index (κ1) is 17.5. The fourth-order valence-electron chi connectivity index (χ4n) is 3.74. The second-order valence-corrected chi connectivity index (χ2v) is 6.51. The second kappa shape index (κ2) is 9.38. The van der Waals surface area contributed by atoms with Gasteiger partial charge in [0.05, 0.1) is 19.6 Å². The molecule has 0 aromatic carbocycles. The smallest absolute Gasteiger partial charge is 0.362 e. The number of aliphatic carboxylic acids is 1.